The van der Waals surface area contributed by atoms with E-state index in [4.69, 9.17) is 4.42 Å². The van der Waals surface area contributed by atoms with Gasteiger partial charge in [-0.3, -0.25) is 0 Å². The first-order valence-electron chi connectivity index (χ1n) is 4.90. The third-order valence-corrected chi connectivity index (χ3v) is 4.71. The van der Waals surface area contributed by atoms with Crippen molar-refractivity contribution in [1.29, 1.82) is 0 Å². The molecule has 0 spiro atoms. The van der Waals surface area contributed by atoms with Crippen molar-refractivity contribution in [3.05, 3.63) is 12.0 Å². The van der Waals surface area contributed by atoms with Gasteiger partial charge in [0, 0.05) is 5.75 Å². The van der Waals surface area contributed by atoms with Crippen LogP contribution in [0.2, 0.25) is 0 Å². The van der Waals surface area contributed by atoms with Crippen LogP contribution in [0.4, 0.5) is 0 Å². The van der Waals surface area contributed by atoms with Crippen molar-refractivity contribution >= 4 is 24.4 Å². The van der Waals surface area contributed by atoms with Gasteiger partial charge in [0.2, 0.25) is 0 Å². The van der Waals surface area contributed by atoms with Crippen LogP contribution < -0.4 is 0 Å². The molecule has 0 atom stereocenters. The van der Waals surface area contributed by atoms with E-state index < -0.39 is 0 Å². The molecule has 0 aliphatic heterocycles. The summed E-state index contributed by atoms with van der Waals surface area (Å²) in [7, 11) is 0. The minimum absolute atomic E-state index is 0.455. The third-order valence-electron chi connectivity index (χ3n) is 2.85. The van der Waals surface area contributed by atoms with Gasteiger partial charge in [0.1, 0.15) is 6.26 Å². The predicted octanol–water partition coefficient (Wildman–Crippen LogP) is 3.18. The molecule has 0 amide bonds. The van der Waals surface area contributed by atoms with Crippen LogP contribution in [-0.4, -0.2) is 16.5 Å². The van der Waals surface area contributed by atoms with Crippen LogP contribution in [0, 0.1) is 12.3 Å². The standard InChI is InChI=1S/C10H15NOS2/c1-8-5-12-9(11-8)14-7-10(6-13)3-2-4-10/h5,13H,2-4,6-7H2,1H3. The van der Waals surface area contributed by atoms with Gasteiger partial charge in [-0.1, -0.05) is 18.2 Å². The molecule has 4 heteroatoms. The smallest absolute Gasteiger partial charge is 0.255 e. The Kier molecular flexibility index (Phi) is 3.12. The zero-order valence-corrected chi connectivity index (χ0v) is 10.0. The Balaban J connectivity index is 1.87. The van der Waals surface area contributed by atoms with Crippen molar-refractivity contribution in [1.82, 2.24) is 4.98 Å². The molecular weight excluding hydrogens is 214 g/mol. The number of aryl methyl sites for hydroxylation is 1. The van der Waals surface area contributed by atoms with Gasteiger partial charge in [-0.05, 0) is 30.9 Å². The second kappa shape index (κ2) is 4.19. The van der Waals surface area contributed by atoms with Crippen molar-refractivity contribution in [3.63, 3.8) is 0 Å². The lowest BCUT2D eigenvalue weighted by atomic mass is 9.72. The van der Waals surface area contributed by atoms with Gasteiger partial charge in [-0.15, -0.1) is 0 Å². The highest BCUT2D eigenvalue weighted by molar-refractivity contribution is 7.99. The third kappa shape index (κ3) is 2.11. The molecular formula is C10H15NOS2. The summed E-state index contributed by atoms with van der Waals surface area (Å²) >= 11 is 6.14. The molecule has 2 nitrogen and oxygen atoms in total. The van der Waals surface area contributed by atoms with Crippen molar-refractivity contribution in [3.8, 4) is 0 Å². The summed E-state index contributed by atoms with van der Waals surface area (Å²) in [5, 5.41) is 0.801. The van der Waals surface area contributed by atoms with Gasteiger partial charge < -0.3 is 4.42 Å². The van der Waals surface area contributed by atoms with E-state index in [1.54, 1.807) is 18.0 Å². The quantitative estimate of drug-likeness (QED) is 0.634. The van der Waals surface area contributed by atoms with E-state index in [2.05, 4.69) is 17.6 Å². The summed E-state index contributed by atoms with van der Waals surface area (Å²) in [5.74, 6) is 2.08. The lowest BCUT2D eigenvalue weighted by molar-refractivity contribution is 0.205. The molecule has 1 heterocycles. The number of oxazole rings is 1. The number of thioether (sulfide) groups is 1. The monoisotopic (exact) mass is 229 g/mol. The predicted molar refractivity (Wildman–Crippen MR) is 62.1 cm³/mol. The molecule has 0 radical (unpaired) electrons. The summed E-state index contributed by atoms with van der Waals surface area (Å²) in [6.07, 6.45) is 5.68. The molecule has 1 aliphatic rings. The van der Waals surface area contributed by atoms with Crippen LogP contribution in [0.3, 0.4) is 0 Å². The zero-order valence-electron chi connectivity index (χ0n) is 8.32. The van der Waals surface area contributed by atoms with E-state index in [0.717, 1.165) is 22.4 Å². The Labute approximate surface area is 94.3 Å². The molecule has 0 saturated heterocycles. The number of nitrogens with zero attached hydrogens (tertiary/aromatic N) is 1. The van der Waals surface area contributed by atoms with Crippen LogP contribution in [-0.2, 0) is 0 Å². The molecule has 0 bridgehead atoms. The van der Waals surface area contributed by atoms with Gasteiger partial charge in [-0.25, -0.2) is 4.98 Å². The van der Waals surface area contributed by atoms with Crippen molar-refractivity contribution in [2.24, 2.45) is 5.41 Å². The summed E-state index contributed by atoms with van der Waals surface area (Å²) in [6, 6.07) is 0. The average molecular weight is 229 g/mol. The number of hydrogen-bond acceptors (Lipinski definition) is 4. The van der Waals surface area contributed by atoms with E-state index in [9.17, 15) is 0 Å². The highest BCUT2D eigenvalue weighted by Gasteiger charge is 2.35. The van der Waals surface area contributed by atoms with Crippen molar-refractivity contribution < 1.29 is 4.42 Å². The van der Waals surface area contributed by atoms with Gasteiger partial charge in [0.05, 0.1) is 5.69 Å². The van der Waals surface area contributed by atoms with E-state index in [0.29, 0.717) is 5.41 Å². The maximum atomic E-state index is 5.30. The molecule has 14 heavy (non-hydrogen) atoms. The SMILES string of the molecule is Cc1coc(SCC2(CS)CCC2)n1. The highest BCUT2D eigenvalue weighted by atomic mass is 32.2. The maximum Gasteiger partial charge on any atom is 0.255 e. The van der Waals surface area contributed by atoms with Gasteiger partial charge in [0.25, 0.3) is 5.22 Å². The van der Waals surface area contributed by atoms with Crippen molar-refractivity contribution in [2.45, 2.75) is 31.4 Å². The zero-order chi connectivity index (χ0) is 10.0. The van der Waals surface area contributed by atoms with Crippen LogP contribution in [0.1, 0.15) is 25.0 Å². The number of rotatable bonds is 4. The van der Waals surface area contributed by atoms with Crippen LogP contribution in [0.15, 0.2) is 15.9 Å². The molecule has 1 aromatic rings. The number of thiol groups is 1. The Hall–Kier alpha value is -0.0900. The summed E-state index contributed by atoms with van der Waals surface area (Å²) in [5.41, 5.74) is 1.41. The first-order chi connectivity index (χ1) is 6.74. The van der Waals surface area contributed by atoms with Gasteiger partial charge in [0.15, 0.2) is 0 Å². The first kappa shape index (κ1) is 10.4. The van der Waals surface area contributed by atoms with E-state index in [-0.39, 0.29) is 0 Å². The fraction of sp³-hybridized carbons (Fsp3) is 0.700. The van der Waals surface area contributed by atoms with Gasteiger partial charge >= 0.3 is 0 Å². The lowest BCUT2D eigenvalue weighted by Crippen LogP contribution is -2.33. The molecule has 78 valence electrons. The first-order valence-corrected chi connectivity index (χ1v) is 6.52. The lowest BCUT2D eigenvalue weighted by Gasteiger charge is -2.40. The molecule has 2 rings (SSSR count). The minimum atomic E-state index is 0.455. The molecule has 0 unspecified atom stereocenters. The Morgan fingerprint density at radius 1 is 1.64 bits per heavy atom. The molecule has 1 fully saturated rings. The molecule has 1 aliphatic carbocycles. The molecule has 1 saturated carbocycles. The largest absolute Gasteiger partial charge is 0.440 e. The fourth-order valence-corrected chi connectivity index (χ4v) is 3.36. The summed E-state index contributed by atoms with van der Waals surface area (Å²) < 4.78 is 5.30. The number of aromatic nitrogens is 1. The van der Waals surface area contributed by atoms with Crippen LogP contribution >= 0.6 is 24.4 Å². The van der Waals surface area contributed by atoms with Gasteiger partial charge in [-0.2, -0.15) is 12.6 Å². The normalized spacial score (nSPS) is 19.3. The van der Waals surface area contributed by atoms with E-state index in [1.807, 2.05) is 6.92 Å². The van der Waals surface area contributed by atoms with E-state index >= 15 is 0 Å². The Morgan fingerprint density at radius 2 is 2.43 bits per heavy atom. The second-order valence-electron chi connectivity index (χ2n) is 4.06. The molecule has 1 aromatic heterocycles. The minimum Gasteiger partial charge on any atom is -0.440 e. The van der Waals surface area contributed by atoms with Crippen molar-refractivity contribution in [2.75, 3.05) is 11.5 Å². The topological polar surface area (TPSA) is 26.0 Å². The Bertz CT molecular complexity index is 301. The molecule has 0 N–H and O–H groups in total. The Morgan fingerprint density at radius 3 is 2.86 bits per heavy atom. The van der Waals surface area contributed by atoms with Crippen LogP contribution in [0.5, 0.6) is 0 Å². The summed E-state index contributed by atoms with van der Waals surface area (Å²) in [4.78, 5) is 4.28. The highest BCUT2D eigenvalue weighted by Crippen LogP contribution is 2.45. The average Bonchev–Trinajstić information content (AvgIpc) is 2.50. The van der Waals surface area contributed by atoms with Crippen LogP contribution in [0.25, 0.3) is 0 Å². The fourth-order valence-electron chi connectivity index (χ4n) is 1.64. The number of hydrogen-bond donors (Lipinski definition) is 1. The molecule has 0 aromatic carbocycles. The summed E-state index contributed by atoms with van der Waals surface area (Å²) in [6.45, 7) is 1.95. The maximum absolute atomic E-state index is 5.30. The van der Waals surface area contributed by atoms with E-state index in [1.165, 1.54) is 19.3 Å². The second-order valence-corrected chi connectivity index (χ2v) is 5.30.